The first kappa shape index (κ1) is 61.9. The van der Waals surface area contributed by atoms with E-state index in [1.807, 2.05) is 136 Å². The number of benzene rings is 2. The largest absolute Gasteiger partial charge is 0.481 e. The van der Waals surface area contributed by atoms with Crippen LogP contribution < -0.4 is 11.5 Å². The molecular weight excluding hydrogens is 1520 g/mol. The average Bonchev–Trinajstić information content (AvgIpc) is 3.21. The van der Waals surface area contributed by atoms with Gasteiger partial charge in [0, 0.05) is 61.5 Å². The molecule has 0 aliphatic carbocycles. The number of likely N-dealkylation sites (N-methyl/N-ethyl adjacent to an activating group) is 4. The molecule has 2 aromatic rings. The number of carbonyl (C=O) groups is 6. The molecule has 4 unspecified atom stereocenters. The van der Waals surface area contributed by atoms with Crippen molar-refractivity contribution in [3.05, 3.63) is 43.7 Å². The van der Waals surface area contributed by atoms with E-state index in [1.54, 1.807) is 0 Å². The van der Waals surface area contributed by atoms with Crippen molar-refractivity contribution >= 4 is 182 Å². The van der Waals surface area contributed by atoms with Gasteiger partial charge in [-0.05, 0) is 136 Å². The molecule has 14 N–H and O–H groups in total. The molecule has 0 aliphatic rings. The Balaban J connectivity index is 0.00000106. The van der Waals surface area contributed by atoms with Crippen LogP contribution in [0.4, 0.5) is 11.4 Å². The number of nitrogens with zero attached hydrogens (tertiary/aromatic N) is 4. The summed E-state index contributed by atoms with van der Waals surface area (Å²) >= 11 is 11.6. The van der Waals surface area contributed by atoms with Crippen molar-refractivity contribution in [2.45, 2.75) is 30.8 Å². The number of rotatable bonds is 18. The van der Waals surface area contributed by atoms with E-state index in [9.17, 15) is 49.2 Å². The molecule has 356 valence electrons. The normalized spacial score (nSPS) is 12.6. The number of aliphatic carboxylic acids is 2. The Morgan fingerprint density at radius 2 is 0.603 bits per heavy atom. The van der Waals surface area contributed by atoms with E-state index in [-0.39, 0.29) is 59.8 Å². The van der Waals surface area contributed by atoms with Crippen molar-refractivity contribution in [1.82, 2.24) is 19.6 Å². The van der Waals surface area contributed by atoms with Crippen molar-refractivity contribution < 1.29 is 79.8 Å². The van der Waals surface area contributed by atoms with Gasteiger partial charge in [-0.3, -0.25) is 28.8 Å². The third-order valence-electron chi connectivity index (χ3n) is 8.03. The molecule has 63 heavy (non-hydrogen) atoms. The second-order valence-electron chi connectivity index (χ2n) is 13.3. The highest BCUT2D eigenvalue weighted by atomic mass is 127. The van der Waals surface area contributed by atoms with Gasteiger partial charge < -0.3 is 82.1 Å². The molecule has 28 heteroatoms. The molecule has 0 aliphatic heterocycles. The van der Waals surface area contributed by atoms with Gasteiger partial charge in [-0.25, -0.2) is 0 Å². The SMILES string of the molecule is CN(CC(O)CO)C(=O)c1c(I)c(N)c(I)c(C(=O)N(C)CC(O)CO)c1I.CN(CC(O)CO)C(=O)c1c(I)c(N)c(I)c(C(=O)N(C)CC(O)CO)c1I.O=C(O)CC(=O)O. The van der Waals surface area contributed by atoms with Crippen LogP contribution in [0, 0.1) is 21.4 Å². The number of anilines is 2. The molecule has 4 atom stereocenters. The van der Waals surface area contributed by atoms with Gasteiger partial charge in [-0.15, -0.1) is 0 Å². The quantitative estimate of drug-likeness (QED) is 0.0504. The highest BCUT2D eigenvalue weighted by Gasteiger charge is 2.32. The smallest absolute Gasteiger partial charge is 0.314 e. The van der Waals surface area contributed by atoms with E-state index in [1.165, 1.54) is 47.8 Å². The Labute approximate surface area is 443 Å². The molecule has 0 heterocycles. The maximum atomic E-state index is 12.9. The van der Waals surface area contributed by atoms with Gasteiger partial charge >= 0.3 is 11.9 Å². The van der Waals surface area contributed by atoms with E-state index in [2.05, 4.69) is 0 Å². The van der Waals surface area contributed by atoms with Crippen LogP contribution in [0.15, 0.2) is 0 Å². The predicted molar refractivity (Wildman–Crippen MR) is 278 cm³/mol. The van der Waals surface area contributed by atoms with Crippen molar-refractivity contribution in [3.63, 3.8) is 0 Å². The van der Waals surface area contributed by atoms with Crippen LogP contribution in [0.25, 0.3) is 0 Å². The molecule has 0 spiro atoms. The van der Waals surface area contributed by atoms with Gasteiger partial charge in [0.1, 0.15) is 6.42 Å². The minimum Gasteiger partial charge on any atom is -0.481 e. The number of amides is 4. The van der Waals surface area contributed by atoms with Crippen molar-refractivity contribution in [2.75, 3.05) is 92.3 Å². The molecule has 2 rings (SSSR count). The fraction of sp³-hybridized carbons (Fsp3) is 0.486. The van der Waals surface area contributed by atoms with Crippen LogP contribution in [-0.4, -0.2) is 211 Å². The summed E-state index contributed by atoms with van der Waals surface area (Å²) in [4.78, 5) is 75.6. The summed E-state index contributed by atoms with van der Waals surface area (Å²) < 4.78 is 2.72. The highest BCUT2D eigenvalue weighted by molar-refractivity contribution is 14.1. The molecule has 0 saturated heterocycles. The fourth-order valence-corrected chi connectivity index (χ4v) is 13.0. The summed E-state index contributed by atoms with van der Waals surface area (Å²) in [7, 11) is 5.92. The fourth-order valence-electron chi connectivity index (χ4n) is 4.84. The molecule has 0 fully saturated rings. The van der Waals surface area contributed by atoms with Crippen LogP contribution >= 0.6 is 136 Å². The second kappa shape index (κ2) is 29.6. The van der Waals surface area contributed by atoms with Crippen LogP contribution in [-0.2, 0) is 9.59 Å². The van der Waals surface area contributed by atoms with Crippen LogP contribution in [0.3, 0.4) is 0 Å². The first-order valence-electron chi connectivity index (χ1n) is 17.6. The van der Waals surface area contributed by atoms with E-state index < -0.39 is 92.8 Å². The lowest BCUT2D eigenvalue weighted by Gasteiger charge is -2.25. The van der Waals surface area contributed by atoms with E-state index >= 15 is 0 Å². The van der Waals surface area contributed by atoms with E-state index in [0.717, 1.165) is 0 Å². The van der Waals surface area contributed by atoms with Gasteiger partial charge in [-0.2, -0.15) is 0 Å². The monoisotopic (exact) mass is 1570 g/mol. The van der Waals surface area contributed by atoms with E-state index in [0.29, 0.717) is 21.4 Å². The van der Waals surface area contributed by atoms with Crippen molar-refractivity contribution in [2.24, 2.45) is 0 Å². The maximum absolute atomic E-state index is 12.9. The number of aliphatic hydroxyl groups excluding tert-OH is 8. The zero-order chi connectivity index (χ0) is 49.4. The molecular formula is C35H48I6N6O16. The number of nitrogens with two attached hydrogens (primary N) is 2. The molecule has 0 saturated carbocycles. The van der Waals surface area contributed by atoms with Gasteiger partial charge in [-0.1, -0.05) is 0 Å². The number of nitrogen functional groups attached to an aromatic ring is 2. The van der Waals surface area contributed by atoms with Crippen LogP contribution in [0.5, 0.6) is 0 Å². The molecule has 22 nitrogen and oxygen atoms in total. The van der Waals surface area contributed by atoms with Crippen LogP contribution in [0.1, 0.15) is 47.9 Å². The predicted octanol–water partition coefficient (Wildman–Crippen LogP) is -0.588. The van der Waals surface area contributed by atoms with Gasteiger partial charge in [0.2, 0.25) is 0 Å². The lowest BCUT2D eigenvalue weighted by Crippen LogP contribution is -2.38. The third kappa shape index (κ3) is 18.5. The van der Waals surface area contributed by atoms with Crippen molar-refractivity contribution in [3.8, 4) is 0 Å². The summed E-state index contributed by atoms with van der Waals surface area (Å²) in [6, 6.07) is 0. The zero-order valence-electron chi connectivity index (χ0n) is 33.8. The minimum atomic E-state index is -1.31. The summed E-state index contributed by atoms with van der Waals surface area (Å²) in [6.45, 7) is -2.27. The topological polar surface area (TPSA) is 370 Å². The number of aliphatic hydroxyl groups is 8. The number of carboxylic acids is 2. The Bertz CT molecular complexity index is 1720. The molecule has 0 bridgehead atoms. The number of hydrogen-bond acceptors (Lipinski definition) is 16. The Morgan fingerprint density at radius 1 is 0.429 bits per heavy atom. The molecule has 4 amide bonds. The second-order valence-corrected chi connectivity index (χ2v) is 19.7. The minimum absolute atomic E-state index is 0.0841. The van der Waals surface area contributed by atoms with Gasteiger partial charge in [0.15, 0.2) is 0 Å². The maximum Gasteiger partial charge on any atom is 0.314 e. The standard InChI is InChI=1S/2C16H22I3N3O6.C3H4O4/c2*1-21(3-7(25)5-23)15(27)9-11(17)10(13(19)14(20)12(9)18)16(28)22(2)4-8(26)6-24;4-2(5)1-3(6)7/h2*7-8,23-26H,3-6,20H2,1-2H3;1H2,(H,4,5)(H,6,7). The first-order valence-corrected chi connectivity index (χ1v) is 24.1. The molecule has 0 radical (unpaired) electrons. The highest BCUT2D eigenvalue weighted by Crippen LogP contribution is 2.36. The molecule has 0 aromatic heterocycles. The molecule has 2 aromatic carbocycles. The van der Waals surface area contributed by atoms with Gasteiger partial charge in [0.05, 0.1) is 98.8 Å². The van der Waals surface area contributed by atoms with E-state index in [4.69, 9.17) is 42.1 Å². The Kier molecular flexibility index (Phi) is 29.1. The number of carbonyl (C=O) groups excluding carboxylic acids is 4. The Hall–Kier alpha value is -1.08. The average molecular weight is 1570 g/mol. The lowest BCUT2D eigenvalue weighted by molar-refractivity contribution is -0.147. The lowest BCUT2D eigenvalue weighted by atomic mass is 10.1. The third-order valence-corrected chi connectivity index (χ3v) is 14.7. The number of hydrogen-bond donors (Lipinski definition) is 12. The van der Waals surface area contributed by atoms with Gasteiger partial charge in [0.25, 0.3) is 23.6 Å². The summed E-state index contributed by atoms with van der Waals surface area (Å²) in [5.41, 5.74) is 13.8. The summed E-state index contributed by atoms with van der Waals surface area (Å²) in [6.07, 6.45) is -5.15. The Morgan fingerprint density at radius 3 is 0.730 bits per heavy atom. The van der Waals surface area contributed by atoms with Crippen molar-refractivity contribution in [1.29, 1.82) is 0 Å². The van der Waals surface area contributed by atoms with Crippen LogP contribution in [0.2, 0.25) is 0 Å². The summed E-state index contributed by atoms with van der Waals surface area (Å²) in [5.74, 6) is -4.42. The number of halogens is 6. The zero-order valence-corrected chi connectivity index (χ0v) is 46.8. The summed E-state index contributed by atoms with van der Waals surface area (Å²) in [5, 5.41) is 89.8. The number of carboxylic acid groups (broad SMARTS) is 2. The first-order chi connectivity index (χ1) is 29.1.